The van der Waals surface area contributed by atoms with Crippen LogP contribution in [0.4, 0.5) is 0 Å². The van der Waals surface area contributed by atoms with Crippen molar-refractivity contribution in [2.45, 2.75) is 57.3 Å². The second kappa shape index (κ2) is 18.7. The molecule has 2 bridgehead atoms. The SMILES string of the molecule is C=C1NC(=O)[C@@H](CC)NC(=O)CNC(=O)[C@@H](Cc2c[nH]c3ccc(OC)cc23)NC(=O)[C@H](Cc2c[nH]c3ccccc23)NC(=O)c2csc(n2)[C@@H](C)NC(=O)CN(C)C1=O. The maximum atomic E-state index is 14.4. The number of ether oxygens (including phenoxy) is 1. The highest BCUT2D eigenvalue weighted by Crippen LogP contribution is 2.25. The number of methoxy groups -OCH3 is 1. The van der Waals surface area contributed by atoms with Crippen molar-refractivity contribution in [1.82, 2.24) is 51.8 Å². The number of hydrogen-bond acceptors (Lipinski definition) is 10. The van der Waals surface area contributed by atoms with Crippen molar-refractivity contribution in [3.8, 4) is 5.75 Å². The van der Waals surface area contributed by atoms with Crippen molar-refractivity contribution in [2.75, 3.05) is 27.2 Å². The number of likely N-dealkylation sites (N-methyl/N-ethyl adjacent to an activating group) is 1. The van der Waals surface area contributed by atoms with Crippen LogP contribution in [-0.4, -0.2) is 107 Å². The van der Waals surface area contributed by atoms with Crippen LogP contribution in [0.2, 0.25) is 0 Å². The molecule has 19 heteroatoms. The molecule has 0 saturated heterocycles. The van der Waals surface area contributed by atoms with E-state index in [1.165, 1.54) is 19.5 Å². The number of aromatic nitrogens is 3. The van der Waals surface area contributed by atoms with Crippen molar-refractivity contribution < 1.29 is 38.3 Å². The lowest BCUT2D eigenvalue weighted by atomic mass is 10.0. The Morgan fingerprint density at radius 2 is 1.50 bits per heavy atom. The van der Waals surface area contributed by atoms with Crippen LogP contribution in [0.25, 0.3) is 21.8 Å². The molecular weight excluding hydrogens is 793 g/mol. The standard InChI is InChI=1S/C41H46N10O8S/c1-6-28-37(55)46-22(3)41(58)51(4)19-35(53)45-21(2)40-50-33(20-60-40)39(57)49-32(13-23-16-42-29-10-8-7-9-26(23)29)38(56)48-31(36(54)44-18-34(52)47-28)14-24-17-43-30-12-11-25(59-5)15-27(24)30/h7-12,15-17,20-21,28,31-32,42-43H,3,6,13-14,18-19H2,1-2,4-5H3,(H,44,54)(H,45,53)(H,46,55)(H,47,52)(H,48,56)(H,49,57)/t21-,28-,31-,32+/m1/s1. The smallest absolute Gasteiger partial charge is 0.271 e. The Kier molecular flexibility index (Phi) is 13.3. The number of para-hydroxylation sites is 1. The average molecular weight is 839 g/mol. The van der Waals surface area contributed by atoms with Crippen LogP contribution >= 0.6 is 11.3 Å². The van der Waals surface area contributed by atoms with E-state index in [9.17, 15) is 33.6 Å². The second-order valence-electron chi connectivity index (χ2n) is 14.3. The number of H-pyrrole nitrogens is 2. The van der Waals surface area contributed by atoms with Crippen molar-refractivity contribution >= 4 is 74.5 Å². The first-order valence-electron chi connectivity index (χ1n) is 19.1. The summed E-state index contributed by atoms with van der Waals surface area (Å²) in [5.74, 6) is -4.28. The summed E-state index contributed by atoms with van der Waals surface area (Å²) >= 11 is 1.11. The largest absolute Gasteiger partial charge is 0.497 e. The number of carbonyl (C=O) groups excluding carboxylic acids is 7. The lowest BCUT2D eigenvalue weighted by molar-refractivity contribution is -0.134. The molecule has 6 rings (SSSR count). The Labute approximate surface area is 348 Å². The monoisotopic (exact) mass is 838 g/mol. The first-order valence-corrected chi connectivity index (χ1v) is 20.0. The van der Waals surface area contributed by atoms with Gasteiger partial charge in [0.05, 0.1) is 31.9 Å². The number of rotatable bonds is 6. The van der Waals surface area contributed by atoms with Crippen LogP contribution in [0, 0.1) is 0 Å². The number of amides is 7. The molecule has 7 amide bonds. The topological polar surface area (TPSA) is 249 Å². The molecule has 60 heavy (non-hydrogen) atoms. The lowest BCUT2D eigenvalue weighted by Gasteiger charge is -2.24. The van der Waals surface area contributed by atoms with Gasteiger partial charge in [-0.3, -0.25) is 33.6 Å². The average Bonchev–Trinajstić information content (AvgIpc) is 4.00. The number of nitrogens with zero attached hydrogens (tertiary/aromatic N) is 2. The molecule has 2 aromatic carbocycles. The van der Waals surface area contributed by atoms with Crippen molar-refractivity contribution in [3.05, 3.63) is 94.3 Å². The molecule has 314 valence electrons. The van der Waals surface area contributed by atoms with Gasteiger partial charge >= 0.3 is 0 Å². The van der Waals surface area contributed by atoms with Gasteiger partial charge in [0.25, 0.3) is 11.8 Å². The Balaban J connectivity index is 1.34. The van der Waals surface area contributed by atoms with Gasteiger partial charge in [-0.05, 0) is 48.7 Å². The Bertz CT molecular complexity index is 2470. The highest BCUT2D eigenvalue weighted by atomic mass is 32.1. The van der Waals surface area contributed by atoms with Crippen LogP contribution in [0.1, 0.15) is 52.9 Å². The fourth-order valence-electron chi connectivity index (χ4n) is 6.75. The van der Waals surface area contributed by atoms with Gasteiger partial charge in [0.15, 0.2) is 0 Å². The molecular formula is C41H46N10O8S. The van der Waals surface area contributed by atoms with Gasteiger partial charge in [0.1, 0.15) is 34.6 Å². The lowest BCUT2D eigenvalue weighted by Crippen LogP contribution is -2.56. The van der Waals surface area contributed by atoms with Gasteiger partial charge in [-0.15, -0.1) is 11.3 Å². The maximum absolute atomic E-state index is 14.4. The van der Waals surface area contributed by atoms with E-state index in [4.69, 9.17) is 4.74 Å². The Morgan fingerprint density at radius 1 is 0.817 bits per heavy atom. The summed E-state index contributed by atoms with van der Waals surface area (Å²) in [5, 5.41) is 19.3. The number of carbonyl (C=O) groups is 7. The fraction of sp³-hybridized carbons (Fsp3) is 0.317. The van der Waals surface area contributed by atoms with Gasteiger partial charge in [-0.1, -0.05) is 31.7 Å². The zero-order valence-electron chi connectivity index (χ0n) is 33.4. The molecule has 5 aromatic rings. The predicted molar refractivity (Wildman–Crippen MR) is 223 cm³/mol. The van der Waals surface area contributed by atoms with Crippen molar-refractivity contribution in [2.24, 2.45) is 0 Å². The molecule has 0 radical (unpaired) electrons. The summed E-state index contributed by atoms with van der Waals surface area (Å²) in [6.45, 7) is 5.96. The Morgan fingerprint density at radius 3 is 2.22 bits per heavy atom. The summed E-state index contributed by atoms with van der Waals surface area (Å²) in [7, 11) is 2.88. The number of nitrogens with one attached hydrogen (secondary N) is 8. The maximum Gasteiger partial charge on any atom is 0.271 e. The van der Waals surface area contributed by atoms with E-state index >= 15 is 0 Å². The minimum Gasteiger partial charge on any atom is -0.497 e. The number of fused-ring (bicyclic) bond motifs is 4. The van der Waals surface area contributed by atoms with Crippen LogP contribution in [0.3, 0.4) is 0 Å². The van der Waals surface area contributed by atoms with Crippen LogP contribution in [-0.2, 0) is 41.6 Å². The van der Waals surface area contributed by atoms with Crippen LogP contribution in [0.5, 0.6) is 5.75 Å². The molecule has 0 spiro atoms. The highest BCUT2D eigenvalue weighted by Gasteiger charge is 2.31. The molecule has 0 saturated carbocycles. The van der Waals surface area contributed by atoms with E-state index in [-0.39, 0.29) is 30.7 Å². The predicted octanol–water partition coefficient (Wildman–Crippen LogP) is 1.47. The molecule has 0 unspecified atom stereocenters. The van der Waals surface area contributed by atoms with E-state index in [2.05, 4.69) is 53.4 Å². The van der Waals surface area contributed by atoms with Gasteiger partial charge in [-0.25, -0.2) is 4.98 Å². The molecule has 0 fully saturated rings. The molecule has 4 atom stereocenters. The highest BCUT2D eigenvalue weighted by molar-refractivity contribution is 7.09. The summed E-state index contributed by atoms with van der Waals surface area (Å²) in [4.78, 5) is 106. The number of thiazole rings is 1. The van der Waals surface area contributed by atoms with E-state index in [0.29, 0.717) is 16.3 Å². The zero-order valence-corrected chi connectivity index (χ0v) is 34.2. The van der Waals surface area contributed by atoms with Crippen LogP contribution < -0.4 is 36.6 Å². The minimum atomic E-state index is -1.27. The third-order valence-corrected chi connectivity index (χ3v) is 11.0. The van der Waals surface area contributed by atoms with E-state index in [1.54, 1.807) is 38.4 Å². The van der Waals surface area contributed by atoms with Crippen LogP contribution in [0.15, 0.2) is 72.5 Å². The summed E-state index contributed by atoms with van der Waals surface area (Å²) in [6.07, 6.45) is 3.55. The number of benzene rings is 2. The second-order valence-corrected chi connectivity index (χ2v) is 15.2. The molecule has 1 aliphatic heterocycles. The summed E-state index contributed by atoms with van der Waals surface area (Å²) in [5.41, 5.74) is 2.60. The molecule has 1 aliphatic rings. The molecule has 18 nitrogen and oxygen atoms in total. The van der Waals surface area contributed by atoms with Crippen molar-refractivity contribution in [1.29, 1.82) is 0 Å². The van der Waals surface area contributed by atoms with E-state index < -0.39 is 78.6 Å². The molecule has 0 aliphatic carbocycles. The normalized spacial score (nSPS) is 20.8. The zero-order chi connectivity index (χ0) is 43.1. The fourth-order valence-corrected chi connectivity index (χ4v) is 7.56. The van der Waals surface area contributed by atoms with E-state index in [1.807, 2.05) is 30.3 Å². The third kappa shape index (κ3) is 9.98. The summed E-state index contributed by atoms with van der Waals surface area (Å²) < 4.78 is 5.42. The number of hydrogen-bond donors (Lipinski definition) is 8. The van der Waals surface area contributed by atoms with Gasteiger partial charge in [0, 0.05) is 59.5 Å². The third-order valence-electron chi connectivity index (χ3n) is 10.00. The Hall–Kier alpha value is -7.02. The van der Waals surface area contributed by atoms with E-state index in [0.717, 1.165) is 43.6 Å². The first kappa shape index (κ1) is 42.6. The quantitative estimate of drug-likeness (QED) is 0.115. The van der Waals surface area contributed by atoms with Gasteiger partial charge < -0.3 is 51.5 Å². The van der Waals surface area contributed by atoms with Gasteiger partial charge in [0.2, 0.25) is 29.5 Å². The molecule has 3 aromatic heterocycles. The van der Waals surface area contributed by atoms with Gasteiger partial charge in [-0.2, -0.15) is 0 Å². The summed E-state index contributed by atoms with van der Waals surface area (Å²) in [6, 6.07) is 8.57. The minimum absolute atomic E-state index is 0.0138. The molecule has 8 N–H and O–H groups in total. The number of aromatic amines is 2. The molecule has 4 heterocycles. The first-order chi connectivity index (χ1) is 28.7. The van der Waals surface area contributed by atoms with Crippen molar-refractivity contribution in [3.63, 3.8) is 0 Å².